The molecule has 2 aromatic heterocycles. The highest BCUT2D eigenvalue weighted by Gasteiger charge is 2.24. The van der Waals surface area contributed by atoms with Crippen LogP contribution in [0.2, 0.25) is 0 Å². The number of nitrogens with zero attached hydrogens (tertiary/aromatic N) is 4. The van der Waals surface area contributed by atoms with E-state index in [0.29, 0.717) is 63.7 Å². The maximum Gasteiger partial charge on any atom is 0.258 e. The number of benzene rings is 4. The number of morpholine rings is 2. The number of amides is 2. The lowest BCUT2D eigenvalue weighted by molar-refractivity contribution is 0.0383. The third-order valence-electron chi connectivity index (χ3n) is 10.1. The van der Waals surface area contributed by atoms with Gasteiger partial charge in [-0.05, 0) is 72.5 Å². The Morgan fingerprint density at radius 1 is 0.621 bits per heavy atom. The van der Waals surface area contributed by atoms with Crippen LogP contribution in [0, 0.1) is 23.3 Å². The van der Waals surface area contributed by atoms with Crippen LogP contribution >= 0.6 is 0 Å². The summed E-state index contributed by atoms with van der Waals surface area (Å²) in [6, 6.07) is 12.8. The lowest BCUT2D eigenvalue weighted by Crippen LogP contribution is -2.37. The third kappa shape index (κ3) is 9.21. The summed E-state index contributed by atoms with van der Waals surface area (Å²) in [7, 11) is 0. The Labute approximate surface area is 329 Å². The van der Waals surface area contributed by atoms with E-state index in [9.17, 15) is 27.2 Å². The van der Waals surface area contributed by atoms with Gasteiger partial charge in [0.2, 0.25) is 0 Å². The van der Waals surface area contributed by atoms with Gasteiger partial charge in [0.15, 0.2) is 23.3 Å². The smallest absolute Gasteiger partial charge is 0.258 e. The summed E-state index contributed by atoms with van der Waals surface area (Å²) in [5, 5.41) is 20.4. The molecular weight excluding hydrogens is 760 g/mol. The summed E-state index contributed by atoms with van der Waals surface area (Å²) >= 11 is 0. The van der Waals surface area contributed by atoms with Crippen LogP contribution < -0.4 is 22.1 Å². The first kappa shape index (κ1) is 40.1. The maximum absolute atomic E-state index is 14.5. The minimum absolute atomic E-state index is 0.213. The van der Waals surface area contributed by atoms with Crippen molar-refractivity contribution in [1.82, 2.24) is 30.2 Å². The number of hydrogen-bond donors (Lipinski definition) is 6. The fourth-order valence-electron chi connectivity index (χ4n) is 6.76. The molecule has 58 heavy (non-hydrogen) atoms. The molecule has 0 atom stereocenters. The van der Waals surface area contributed by atoms with Crippen LogP contribution in [0.4, 0.5) is 40.3 Å². The summed E-state index contributed by atoms with van der Waals surface area (Å²) in [6.45, 7) is 6.66. The quantitative estimate of drug-likeness (QED) is 0.0803. The van der Waals surface area contributed by atoms with Crippen molar-refractivity contribution in [2.24, 2.45) is 0 Å². The fraction of sp³-hybridized carbons (Fsp3) is 0.300. The number of hydrogen-bond acceptors (Lipinski definition) is 10. The molecule has 2 aliphatic heterocycles. The van der Waals surface area contributed by atoms with Crippen molar-refractivity contribution in [3.8, 4) is 0 Å². The Kier molecular flexibility index (Phi) is 12.5. The van der Waals surface area contributed by atoms with Crippen molar-refractivity contribution in [3.63, 3.8) is 0 Å². The van der Waals surface area contributed by atoms with Gasteiger partial charge in [-0.1, -0.05) is 0 Å². The molecule has 8 rings (SSSR count). The Balaban J connectivity index is 0.000000177. The van der Waals surface area contributed by atoms with Crippen LogP contribution in [0.1, 0.15) is 31.8 Å². The van der Waals surface area contributed by atoms with E-state index in [-0.39, 0.29) is 22.3 Å². The molecule has 0 spiro atoms. The number of anilines is 4. The summed E-state index contributed by atoms with van der Waals surface area (Å²) in [5.41, 5.74) is 12.3. The average Bonchev–Trinajstić information content (AvgIpc) is 3.92. The monoisotopic (exact) mass is 802 g/mol. The highest BCUT2D eigenvalue weighted by Crippen LogP contribution is 2.27. The molecule has 0 radical (unpaired) electrons. The summed E-state index contributed by atoms with van der Waals surface area (Å²) in [6.07, 6.45) is 3.90. The second-order valence-corrected chi connectivity index (χ2v) is 13.9. The molecule has 4 aromatic carbocycles. The van der Waals surface area contributed by atoms with E-state index in [1.165, 1.54) is 12.1 Å². The topological polar surface area (TPSA) is 193 Å². The van der Waals surface area contributed by atoms with Crippen molar-refractivity contribution in [2.45, 2.75) is 12.8 Å². The number of carbonyl (C=O) groups excluding carboxylic acids is 2. The van der Waals surface area contributed by atoms with E-state index in [1.807, 2.05) is 0 Å². The first-order chi connectivity index (χ1) is 28.0. The van der Waals surface area contributed by atoms with Gasteiger partial charge in [-0.3, -0.25) is 29.6 Å². The molecule has 0 unspecified atom stereocenters. The van der Waals surface area contributed by atoms with E-state index in [1.54, 1.807) is 48.8 Å². The Morgan fingerprint density at radius 2 is 1.09 bits per heavy atom. The Bertz CT molecular complexity index is 2260. The number of ether oxygens (including phenoxy) is 2. The van der Waals surface area contributed by atoms with Crippen LogP contribution in [-0.2, 0) is 22.3 Å². The van der Waals surface area contributed by atoms with Crippen LogP contribution in [0.25, 0.3) is 21.8 Å². The zero-order valence-corrected chi connectivity index (χ0v) is 31.3. The molecule has 6 aromatic rings. The van der Waals surface area contributed by atoms with Gasteiger partial charge >= 0.3 is 0 Å². The normalized spacial score (nSPS) is 15.0. The van der Waals surface area contributed by atoms with Gasteiger partial charge in [0.25, 0.3) is 11.8 Å². The number of aromatic amines is 2. The number of carbonyl (C=O) groups is 2. The van der Waals surface area contributed by atoms with E-state index in [0.717, 1.165) is 48.0 Å². The zero-order chi connectivity index (χ0) is 40.8. The highest BCUT2D eigenvalue weighted by atomic mass is 19.1. The summed E-state index contributed by atoms with van der Waals surface area (Å²) < 4.78 is 68.6. The van der Waals surface area contributed by atoms with Gasteiger partial charge in [-0.15, -0.1) is 0 Å². The van der Waals surface area contributed by atoms with Gasteiger partial charge in [0.1, 0.15) is 11.4 Å². The van der Waals surface area contributed by atoms with E-state index in [2.05, 4.69) is 40.8 Å². The molecule has 0 aliphatic carbocycles. The number of nitrogens with one attached hydrogen (secondary N) is 4. The minimum atomic E-state index is -1.06. The van der Waals surface area contributed by atoms with Gasteiger partial charge in [0, 0.05) is 61.4 Å². The van der Waals surface area contributed by atoms with E-state index in [4.69, 9.17) is 20.9 Å². The standard InChI is InChI=1S/2C20H21F2N5O2/c21-17-12(3-4-27-5-7-29-8-6-27)10-15(18(22)19(17)23)20(28)25-14-1-2-16-13(9-14)11-24-26-16;21-17-12(3-4-27-5-7-29-8-6-27)9-15(18(22)19(17)23)20(28)25-14-2-1-13-11-24-26-16(13)10-14/h2*1-2,9-11H,3-8,23H2,(H,24,26)(H,25,28). The van der Waals surface area contributed by atoms with Crippen LogP contribution in [0.15, 0.2) is 60.9 Å². The van der Waals surface area contributed by atoms with Gasteiger partial charge in [-0.2, -0.15) is 10.2 Å². The second-order valence-electron chi connectivity index (χ2n) is 13.9. The largest absolute Gasteiger partial charge is 0.394 e. The number of rotatable bonds is 10. The van der Waals surface area contributed by atoms with Crippen LogP contribution in [0.5, 0.6) is 0 Å². The number of aromatic nitrogens is 4. The van der Waals surface area contributed by atoms with Crippen molar-refractivity contribution >= 4 is 56.4 Å². The first-order valence-electron chi connectivity index (χ1n) is 18.7. The molecule has 0 bridgehead atoms. The molecule has 2 aliphatic rings. The first-order valence-corrected chi connectivity index (χ1v) is 18.7. The zero-order valence-electron chi connectivity index (χ0n) is 31.3. The summed E-state index contributed by atoms with van der Waals surface area (Å²) in [4.78, 5) is 29.6. The van der Waals surface area contributed by atoms with Crippen molar-refractivity contribution in [2.75, 3.05) is 87.8 Å². The fourth-order valence-corrected chi connectivity index (χ4v) is 6.76. The number of nitrogens with two attached hydrogens (primary N) is 2. The predicted molar refractivity (Wildman–Crippen MR) is 212 cm³/mol. The van der Waals surface area contributed by atoms with Crippen LogP contribution in [-0.4, -0.2) is 108 Å². The average molecular weight is 803 g/mol. The number of halogens is 4. The van der Waals surface area contributed by atoms with Crippen molar-refractivity contribution in [3.05, 3.63) is 106 Å². The number of fused-ring (bicyclic) bond motifs is 2. The lowest BCUT2D eigenvalue weighted by atomic mass is 10.0. The molecule has 2 fully saturated rings. The van der Waals surface area contributed by atoms with Crippen LogP contribution in [0.3, 0.4) is 0 Å². The van der Waals surface area contributed by atoms with Gasteiger partial charge < -0.3 is 31.6 Å². The lowest BCUT2D eigenvalue weighted by Gasteiger charge is -2.26. The highest BCUT2D eigenvalue weighted by molar-refractivity contribution is 6.06. The third-order valence-corrected chi connectivity index (χ3v) is 10.1. The molecule has 18 heteroatoms. The number of nitrogen functional groups attached to an aromatic ring is 2. The van der Waals surface area contributed by atoms with E-state index >= 15 is 0 Å². The maximum atomic E-state index is 14.5. The second kappa shape index (κ2) is 18.0. The SMILES string of the molecule is Nc1c(F)c(CCN2CCOCC2)cc(C(=O)Nc2ccc3[nH]ncc3c2)c1F.Nc1c(F)c(CCN2CCOCC2)cc(C(=O)Nc2ccc3cn[nH]c3c2)c1F. The summed E-state index contributed by atoms with van der Waals surface area (Å²) in [5.74, 6) is -5.12. The van der Waals surface area contributed by atoms with Crippen molar-refractivity contribution < 1.29 is 36.6 Å². The van der Waals surface area contributed by atoms with E-state index < -0.39 is 46.5 Å². The minimum Gasteiger partial charge on any atom is -0.394 e. The van der Waals surface area contributed by atoms with Crippen molar-refractivity contribution in [1.29, 1.82) is 0 Å². The molecule has 2 amide bonds. The molecular formula is C40H42F4N10O4. The molecule has 4 heterocycles. The molecule has 8 N–H and O–H groups in total. The van der Waals surface area contributed by atoms with Gasteiger partial charge in [-0.25, -0.2) is 17.6 Å². The van der Waals surface area contributed by atoms with Gasteiger partial charge in [0.05, 0.1) is 61.0 Å². The predicted octanol–water partition coefficient (Wildman–Crippen LogP) is 5.10. The molecule has 304 valence electrons. The molecule has 2 saturated heterocycles. The Morgan fingerprint density at radius 3 is 1.62 bits per heavy atom. The molecule has 0 saturated carbocycles. The number of H-pyrrole nitrogens is 2. The molecule has 14 nitrogen and oxygen atoms in total. The Hall–Kier alpha value is -6.08.